The van der Waals surface area contributed by atoms with E-state index in [1.165, 1.54) is 30.4 Å². The Morgan fingerprint density at radius 1 is 1.11 bits per heavy atom. The third-order valence-corrected chi connectivity index (χ3v) is 5.17. The fourth-order valence-electron chi connectivity index (χ4n) is 3.66. The number of ether oxygens (including phenoxy) is 1. The van der Waals surface area contributed by atoms with Crippen molar-refractivity contribution < 1.29 is 4.74 Å². The van der Waals surface area contributed by atoms with Crippen LogP contribution in [0, 0.1) is 5.92 Å². The summed E-state index contributed by atoms with van der Waals surface area (Å²) in [6, 6.07) is 8.62. The van der Waals surface area contributed by atoms with Crippen LogP contribution in [0.5, 0.6) is 0 Å². The van der Waals surface area contributed by atoms with Gasteiger partial charge in [-0.05, 0) is 63.4 Å². The summed E-state index contributed by atoms with van der Waals surface area (Å²) in [5.41, 5.74) is 3.55. The summed E-state index contributed by atoms with van der Waals surface area (Å²) in [7, 11) is 4.18. The van der Waals surface area contributed by atoms with E-state index in [-0.39, 0.29) is 0 Å². The van der Waals surface area contributed by atoms with Crippen LogP contribution in [0.3, 0.4) is 0 Å². The van der Waals surface area contributed by atoms with Crippen LogP contribution in [-0.2, 0) is 11.3 Å². The van der Waals surface area contributed by atoms with Crippen LogP contribution in [0.4, 0.5) is 5.95 Å². The average molecular weight is 369 g/mol. The minimum atomic E-state index is 0.770. The molecule has 0 bridgehead atoms. The zero-order chi connectivity index (χ0) is 19.1. The Morgan fingerprint density at radius 2 is 1.85 bits per heavy atom. The van der Waals surface area contributed by atoms with E-state index in [4.69, 9.17) is 4.74 Å². The lowest BCUT2D eigenvalue weighted by atomic mass is 9.94. The van der Waals surface area contributed by atoms with Crippen molar-refractivity contribution in [1.82, 2.24) is 14.9 Å². The third-order valence-electron chi connectivity index (χ3n) is 5.17. The molecule has 5 nitrogen and oxygen atoms in total. The van der Waals surface area contributed by atoms with Crippen LogP contribution >= 0.6 is 0 Å². The number of rotatable bonds is 8. The van der Waals surface area contributed by atoms with Gasteiger partial charge in [0.1, 0.15) is 0 Å². The van der Waals surface area contributed by atoms with Crippen LogP contribution in [0.25, 0.3) is 11.1 Å². The van der Waals surface area contributed by atoms with E-state index in [1.807, 2.05) is 12.4 Å². The maximum Gasteiger partial charge on any atom is 0.225 e. The molecule has 1 aromatic carbocycles. The number of nitrogens with zero attached hydrogens (tertiary/aromatic N) is 4. The van der Waals surface area contributed by atoms with E-state index in [1.54, 1.807) is 0 Å². The Hall–Kier alpha value is -1.98. The highest BCUT2D eigenvalue weighted by Gasteiger charge is 2.20. The second-order valence-electron chi connectivity index (χ2n) is 7.63. The molecule has 1 aliphatic heterocycles. The number of hydrogen-bond acceptors (Lipinski definition) is 5. The first-order valence-electron chi connectivity index (χ1n) is 10.0. The third kappa shape index (κ3) is 5.75. The number of anilines is 1. The molecule has 1 aliphatic rings. The molecule has 0 aliphatic carbocycles. The highest BCUT2D eigenvalue weighted by atomic mass is 16.5. The first kappa shape index (κ1) is 19.8. The topological polar surface area (TPSA) is 41.5 Å². The Morgan fingerprint density at radius 3 is 2.52 bits per heavy atom. The average Bonchev–Trinajstić information content (AvgIpc) is 2.69. The van der Waals surface area contributed by atoms with E-state index < -0.39 is 0 Å². The van der Waals surface area contributed by atoms with Crippen LogP contribution in [0.1, 0.15) is 31.7 Å². The maximum absolute atomic E-state index is 5.49. The second-order valence-corrected chi connectivity index (χ2v) is 7.63. The number of benzene rings is 1. The molecular formula is C22H32N4O. The molecule has 0 N–H and O–H groups in total. The Labute approximate surface area is 163 Å². The number of hydrogen-bond donors (Lipinski definition) is 0. The lowest BCUT2D eigenvalue weighted by Crippen LogP contribution is -2.35. The quantitative estimate of drug-likeness (QED) is 0.662. The molecule has 5 heteroatoms. The Kier molecular flexibility index (Phi) is 7.18. The van der Waals surface area contributed by atoms with Gasteiger partial charge in [-0.1, -0.05) is 18.2 Å². The van der Waals surface area contributed by atoms with Gasteiger partial charge >= 0.3 is 0 Å². The summed E-state index contributed by atoms with van der Waals surface area (Å²) in [6.07, 6.45) is 7.48. The minimum Gasteiger partial charge on any atom is -0.382 e. The predicted octanol–water partition coefficient (Wildman–Crippen LogP) is 3.85. The molecule has 1 fully saturated rings. The van der Waals surface area contributed by atoms with E-state index in [2.05, 4.69) is 65.1 Å². The first-order valence-corrected chi connectivity index (χ1v) is 10.0. The molecule has 0 atom stereocenters. The molecule has 0 spiro atoms. The standard InChI is InChI=1S/C22H32N4O/c1-4-27-13-10-18-8-11-26(12-9-18)22-23-15-21(16-24-22)20-7-5-6-19(14-20)17-25(2)3/h5-7,14-16,18H,4,8-13,17H2,1-3H3. The zero-order valence-corrected chi connectivity index (χ0v) is 16.9. The molecule has 1 aromatic heterocycles. The molecule has 0 unspecified atom stereocenters. The normalized spacial score (nSPS) is 15.5. The van der Waals surface area contributed by atoms with Gasteiger partial charge in [-0.15, -0.1) is 0 Å². The van der Waals surface area contributed by atoms with Crippen LogP contribution in [0.2, 0.25) is 0 Å². The van der Waals surface area contributed by atoms with Crippen LogP contribution in [-0.4, -0.2) is 55.3 Å². The van der Waals surface area contributed by atoms with E-state index >= 15 is 0 Å². The molecule has 0 radical (unpaired) electrons. The smallest absolute Gasteiger partial charge is 0.225 e. The maximum atomic E-state index is 5.49. The van der Waals surface area contributed by atoms with Crippen LogP contribution in [0.15, 0.2) is 36.7 Å². The van der Waals surface area contributed by atoms with Gasteiger partial charge in [-0.25, -0.2) is 9.97 Å². The molecule has 3 rings (SSSR count). The molecule has 2 aromatic rings. The second kappa shape index (κ2) is 9.81. The van der Waals surface area contributed by atoms with Crippen molar-refractivity contribution in [1.29, 1.82) is 0 Å². The van der Waals surface area contributed by atoms with Gasteiger partial charge in [0.25, 0.3) is 0 Å². The summed E-state index contributed by atoms with van der Waals surface area (Å²) >= 11 is 0. The van der Waals surface area contributed by atoms with Gasteiger partial charge in [0, 0.05) is 50.8 Å². The largest absolute Gasteiger partial charge is 0.382 e. The fourth-order valence-corrected chi connectivity index (χ4v) is 3.66. The Balaban J connectivity index is 1.58. The molecule has 1 saturated heterocycles. The summed E-state index contributed by atoms with van der Waals surface area (Å²) in [5, 5.41) is 0. The Bertz CT molecular complexity index is 694. The van der Waals surface area contributed by atoms with Crippen molar-refractivity contribution in [3.8, 4) is 11.1 Å². The van der Waals surface area contributed by atoms with Gasteiger partial charge in [0.2, 0.25) is 5.95 Å². The molecular weight excluding hydrogens is 336 g/mol. The first-order chi connectivity index (χ1) is 13.2. The zero-order valence-electron chi connectivity index (χ0n) is 16.9. The monoisotopic (exact) mass is 368 g/mol. The number of piperidine rings is 1. The molecule has 146 valence electrons. The fraction of sp³-hybridized carbons (Fsp3) is 0.545. The van der Waals surface area contributed by atoms with E-state index in [9.17, 15) is 0 Å². The van der Waals surface area contributed by atoms with Gasteiger partial charge in [0.15, 0.2) is 0 Å². The van der Waals surface area contributed by atoms with Crippen molar-refractivity contribution in [2.24, 2.45) is 5.92 Å². The summed E-state index contributed by atoms with van der Waals surface area (Å²) < 4.78 is 5.49. The van der Waals surface area contributed by atoms with Gasteiger partial charge in [0.05, 0.1) is 0 Å². The molecule has 0 amide bonds. The highest BCUT2D eigenvalue weighted by Crippen LogP contribution is 2.25. The predicted molar refractivity (Wildman–Crippen MR) is 111 cm³/mol. The van der Waals surface area contributed by atoms with Gasteiger partial charge in [-0.3, -0.25) is 0 Å². The van der Waals surface area contributed by atoms with Gasteiger partial charge < -0.3 is 14.5 Å². The van der Waals surface area contributed by atoms with Crippen molar-refractivity contribution in [3.63, 3.8) is 0 Å². The SMILES string of the molecule is CCOCCC1CCN(c2ncc(-c3cccc(CN(C)C)c3)cn2)CC1. The summed E-state index contributed by atoms with van der Waals surface area (Å²) in [5.74, 6) is 1.62. The van der Waals surface area contributed by atoms with Crippen LogP contribution < -0.4 is 4.90 Å². The lowest BCUT2D eigenvalue weighted by molar-refractivity contribution is 0.127. The lowest BCUT2D eigenvalue weighted by Gasteiger charge is -2.32. The summed E-state index contributed by atoms with van der Waals surface area (Å²) in [4.78, 5) is 13.8. The number of aromatic nitrogens is 2. The van der Waals surface area contributed by atoms with Crippen molar-refractivity contribution in [2.75, 3.05) is 45.3 Å². The minimum absolute atomic E-state index is 0.770. The molecule has 2 heterocycles. The van der Waals surface area contributed by atoms with Crippen molar-refractivity contribution >= 4 is 5.95 Å². The van der Waals surface area contributed by atoms with Crippen molar-refractivity contribution in [2.45, 2.75) is 32.7 Å². The van der Waals surface area contributed by atoms with Gasteiger partial charge in [-0.2, -0.15) is 0 Å². The van der Waals surface area contributed by atoms with E-state index in [0.29, 0.717) is 0 Å². The molecule has 0 saturated carbocycles. The van der Waals surface area contributed by atoms with E-state index in [0.717, 1.165) is 50.3 Å². The van der Waals surface area contributed by atoms with Crippen molar-refractivity contribution in [3.05, 3.63) is 42.2 Å². The molecule has 27 heavy (non-hydrogen) atoms. The summed E-state index contributed by atoms with van der Waals surface area (Å²) in [6.45, 7) is 6.77. The highest BCUT2D eigenvalue weighted by molar-refractivity contribution is 5.63.